The van der Waals surface area contributed by atoms with E-state index in [-0.39, 0.29) is 0 Å². The molecule has 1 aliphatic heterocycles. The van der Waals surface area contributed by atoms with E-state index >= 15 is 0 Å². The van der Waals surface area contributed by atoms with Crippen molar-refractivity contribution in [3.63, 3.8) is 0 Å². The predicted octanol–water partition coefficient (Wildman–Crippen LogP) is 23.0. The summed E-state index contributed by atoms with van der Waals surface area (Å²) in [5.41, 5.74) is 7.81. The van der Waals surface area contributed by atoms with Crippen molar-refractivity contribution in [3.05, 3.63) is 306 Å². The number of nitrogens with one attached hydrogen (secondary N) is 1. The number of hydrogen-bond donors (Lipinski definition) is 1. The number of allylic oxidation sites excluding steroid dienone is 4. The van der Waals surface area contributed by atoms with Crippen LogP contribution in [-0.4, -0.2) is 97.4 Å². The van der Waals surface area contributed by atoms with Gasteiger partial charge in [-0.25, -0.2) is 44.9 Å². The van der Waals surface area contributed by atoms with E-state index in [1.54, 1.807) is 80.7 Å². The number of aromatic amines is 1. The van der Waals surface area contributed by atoms with Crippen molar-refractivity contribution in [2.24, 2.45) is 22.0 Å². The first kappa shape index (κ1) is 92.4. The molecule has 2 unspecified atom stereocenters. The first-order valence-corrected chi connectivity index (χ1v) is 36.9. The van der Waals surface area contributed by atoms with Crippen LogP contribution in [0.15, 0.2) is 316 Å². The molecule has 0 bridgehead atoms. The van der Waals surface area contributed by atoms with Crippen LogP contribution in [0.2, 0.25) is 0 Å². The standard InChI is InChI=1S/2C9H7N.2C8H6N2.C8H8N2.C8H6N2.2C7H5N3.C6H5N3.9C2H6/c1-2-6-9-8(4-1)5-3-7-10-9;1-2-4-9-7-10-6-5-8(9)3-1;1-3-7-4-2-6-10-8(7)9-5-1;1-2-7-3-5-9-6-8(7)10-4-1;1-2-4-8-6-10-9-5-7(8)3-1;1-2-4-8-7(3-1)5-6-9-10-8;1-2-6-4-8-5-10-7(6)9-3-1;1-2-6-7(9-3-1)10-5-4-8-6;1-2-5-6(7-3-1)9-4-8-5;9*1-2/h2*1-7H;2*1-6H;1-8H;1-6H;2*1-5H;1-4H,(H,7,8,9);9*1-2H3. The summed E-state index contributed by atoms with van der Waals surface area (Å²) in [7, 11) is 0. The summed E-state index contributed by atoms with van der Waals surface area (Å²) in [5, 5.41) is 23.3. The van der Waals surface area contributed by atoms with Crippen molar-refractivity contribution in [1.82, 2.24) is 85.0 Å². The van der Waals surface area contributed by atoms with E-state index < -0.39 is 0 Å². The largest absolute Gasteiger partial charge is 0.343 e. The van der Waals surface area contributed by atoms with Crippen molar-refractivity contribution in [3.8, 4) is 0 Å². The molecular weight excluding hydrogens is 1320 g/mol. The molecule has 0 saturated carbocycles. The van der Waals surface area contributed by atoms with Gasteiger partial charge in [-0.3, -0.25) is 24.9 Å². The third-order valence-electron chi connectivity index (χ3n) is 12.7. The molecule has 19 heteroatoms. The molecule has 107 heavy (non-hydrogen) atoms. The number of imidazole rings is 1. The number of nitrogens with zero attached hydrogens (tertiary/aromatic N) is 18. The Balaban J connectivity index is 0.000000586. The van der Waals surface area contributed by atoms with E-state index in [0.717, 1.165) is 66.1 Å². The summed E-state index contributed by atoms with van der Waals surface area (Å²) in [6.45, 7) is 36.0. The lowest BCUT2D eigenvalue weighted by molar-refractivity contribution is 0.748. The van der Waals surface area contributed by atoms with Gasteiger partial charge in [-0.1, -0.05) is 222 Å². The van der Waals surface area contributed by atoms with Crippen LogP contribution < -0.4 is 0 Å². The van der Waals surface area contributed by atoms with Gasteiger partial charge >= 0.3 is 0 Å². The van der Waals surface area contributed by atoms with Gasteiger partial charge in [-0.05, 0) is 114 Å². The highest BCUT2D eigenvalue weighted by atomic mass is 15.2. The fraction of sp³-hybridized carbons (Fsp3) is 0.227. The molecule has 18 rings (SSSR count). The summed E-state index contributed by atoms with van der Waals surface area (Å²) in [4.78, 5) is 59.2. The van der Waals surface area contributed by atoms with Gasteiger partial charge in [0.25, 0.3) is 0 Å². The normalized spacial score (nSPS) is 11.1. The molecule has 3 aromatic carbocycles. The molecule has 2 aliphatic rings. The lowest BCUT2D eigenvalue weighted by Gasteiger charge is -2.17. The maximum absolute atomic E-state index is 4.18. The summed E-state index contributed by atoms with van der Waals surface area (Å²) < 4.78 is 0. The number of pyridine rings is 9. The van der Waals surface area contributed by atoms with E-state index in [9.17, 15) is 0 Å². The zero-order valence-electron chi connectivity index (χ0n) is 65.7. The highest BCUT2D eigenvalue weighted by Gasteiger charge is 2.16. The zero-order valence-corrected chi connectivity index (χ0v) is 65.7. The average Bonchev–Trinajstić information content (AvgIpc) is 1.72. The van der Waals surface area contributed by atoms with Crippen LogP contribution in [0.1, 0.15) is 125 Å². The number of H-pyrrole nitrogens is 1. The molecule has 16 aromatic rings. The Morgan fingerprint density at radius 3 is 1.17 bits per heavy atom. The molecule has 13 aromatic heterocycles. The molecular formula is C88H109N19. The number of rotatable bonds is 0. The number of fused-ring (bicyclic) bond motifs is 9. The molecule has 14 heterocycles. The van der Waals surface area contributed by atoms with Gasteiger partial charge in [0, 0.05) is 132 Å². The fourth-order valence-electron chi connectivity index (χ4n) is 8.37. The van der Waals surface area contributed by atoms with Gasteiger partial charge in [-0.15, -0.1) is 0 Å². The third kappa shape index (κ3) is 35.4. The third-order valence-corrected chi connectivity index (χ3v) is 12.7. The summed E-state index contributed by atoms with van der Waals surface area (Å²) in [5.74, 6) is 0.894. The van der Waals surface area contributed by atoms with Crippen LogP contribution in [0.25, 0.3) is 87.9 Å². The summed E-state index contributed by atoms with van der Waals surface area (Å²) >= 11 is 0. The number of aromatic nitrogens is 17. The van der Waals surface area contributed by atoms with Gasteiger partial charge in [0.2, 0.25) is 0 Å². The molecule has 1 aliphatic carbocycles. The van der Waals surface area contributed by atoms with Gasteiger partial charge in [0.15, 0.2) is 22.6 Å². The number of benzene rings is 3. The quantitative estimate of drug-likeness (QED) is 0.148. The smallest absolute Gasteiger partial charge is 0.178 e. The van der Waals surface area contributed by atoms with Crippen LogP contribution in [0.5, 0.6) is 0 Å². The first-order chi connectivity index (χ1) is 53.2. The van der Waals surface area contributed by atoms with Gasteiger partial charge < -0.3 is 4.98 Å². The van der Waals surface area contributed by atoms with Gasteiger partial charge in [-0.2, -0.15) is 20.4 Å². The van der Waals surface area contributed by atoms with Crippen molar-refractivity contribution in [2.45, 2.75) is 125 Å². The lowest BCUT2D eigenvalue weighted by Crippen LogP contribution is -2.17. The minimum Gasteiger partial charge on any atom is -0.343 e. The van der Waals surface area contributed by atoms with Crippen molar-refractivity contribution >= 4 is 100 Å². The Labute approximate surface area is 634 Å². The monoisotopic (exact) mass is 1430 g/mol. The Morgan fingerprint density at radius 2 is 0.636 bits per heavy atom. The van der Waals surface area contributed by atoms with Crippen molar-refractivity contribution in [1.29, 1.82) is 0 Å². The van der Waals surface area contributed by atoms with Crippen LogP contribution in [0, 0.1) is 11.8 Å². The van der Waals surface area contributed by atoms with Crippen LogP contribution in [0.3, 0.4) is 0 Å². The van der Waals surface area contributed by atoms with E-state index in [1.165, 1.54) is 22.5 Å². The minimum absolute atomic E-state index is 0.447. The highest BCUT2D eigenvalue weighted by molar-refractivity contribution is 5.82. The van der Waals surface area contributed by atoms with E-state index in [4.69, 9.17) is 0 Å². The molecule has 2 atom stereocenters. The van der Waals surface area contributed by atoms with Crippen molar-refractivity contribution < 1.29 is 0 Å². The lowest BCUT2D eigenvalue weighted by atomic mass is 9.90. The Hall–Kier alpha value is -12.6. The van der Waals surface area contributed by atoms with Gasteiger partial charge in [0.05, 0.1) is 40.8 Å². The Kier molecular flexibility index (Phi) is 54.5. The maximum atomic E-state index is 4.18. The maximum Gasteiger partial charge on any atom is 0.178 e. The molecule has 0 spiro atoms. The van der Waals surface area contributed by atoms with Crippen LogP contribution in [0.4, 0.5) is 0 Å². The van der Waals surface area contributed by atoms with Crippen LogP contribution in [-0.2, 0) is 0 Å². The van der Waals surface area contributed by atoms with E-state index in [0.29, 0.717) is 17.5 Å². The molecule has 1 N–H and O–H groups in total. The summed E-state index contributed by atoms with van der Waals surface area (Å²) in [6.07, 6.45) is 41.4. The Morgan fingerprint density at radius 1 is 0.252 bits per heavy atom. The topological polar surface area (TPSA) is 247 Å². The molecule has 0 fully saturated rings. The predicted molar refractivity (Wildman–Crippen MR) is 455 cm³/mol. The number of para-hydroxylation sites is 1. The molecule has 556 valence electrons. The molecule has 19 nitrogen and oxygen atoms in total. The minimum atomic E-state index is 0.447. The first-order valence-electron chi connectivity index (χ1n) is 36.9. The Bertz CT molecular complexity index is 3670. The second-order valence-corrected chi connectivity index (χ2v) is 18.7. The van der Waals surface area contributed by atoms with Crippen LogP contribution >= 0.6 is 0 Å². The fourth-order valence-corrected chi connectivity index (χ4v) is 8.37. The SMILES string of the molecule is C1=CC2C=NN=CC2C=C1.CC.CC.CC.CC.CC.CC.CC.CC.CC.c1ccc2cnccc2c1.c1ccc2ncccc2c1.c1ccc2nnccc2c1.c1cnc2cnccc2c1.c1cnc2nc[nH]c2c1.c1cnc2ncccc2c1.c1cnc2nccnc2c1.c1cnc2ncncc2c1. The molecule has 0 saturated heterocycles. The highest BCUT2D eigenvalue weighted by Crippen LogP contribution is 2.19. The summed E-state index contributed by atoms with van der Waals surface area (Å²) in [6, 6.07) is 57.2. The second-order valence-electron chi connectivity index (χ2n) is 18.7. The van der Waals surface area contributed by atoms with Gasteiger partial charge in [0.1, 0.15) is 11.8 Å². The second kappa shape index (κ2) is 63.1. The number of hydrogen-bond acceptors (Lipinski definition) is 18. The van der Waals surface area contributed by atoms with E-state index in [2.05, 4.69) is 132 Å². The zero-order chi connectivity index (χ0) is 78.6. The van der Waals surface area contributed by atoms with Crippen molar-refractivity contribution in [2.75, 3.05) is 0 Å². The average molecular weight is 1430 g/mol. The molecule has 0 radical (unpaired) electrons. The molecule has 0 amide bonds. The van der Waals surface area contributed by atoms with E-state index in [1.807, 2.05) is 319 Å².